The van der Waals surface area contributed by atoms with Gasteiger partial charge in [0.1, 0.15) is 11.8 Å². The highest BCUT2D eigenvalue weighted by molar-refractivity contribution is 5.50. The van der Waals surface area contributed by atoms with E-state index < -0.39 is 0 Å². The Hall–Kier alpha value is -1.60. The molecule has 1 aliphatic rings. The normalized spacial score (nSPS) is 20.0. The Labute approximate surface area is 102 Å². The van der Waals surface area contributed by atoms with Crippen molar-refractivity contribution in [3.8, 4) is 6.07 Å². The molecule has 90 valence electrons. The summed E-state index contributed by atoms with van der Waals surface area (Å²) in [5.74, 6) is 0. The maximum absolute atomic E-state index is 9.09. The average molecular weight is 231 g/mol. The Morgan fingerprint density at radius 1 is 1.53 bits per heavy atom. The first kappa shape index (κ1) is 11.9. The van der Waals surface area contributed by atoms with Crippen LogP contribution in [0.4, 0.5) is 5.69 Å². The Morgan fingerprint density at radius 3 is 3.18 bits per heavy atom. The van der Waals surface area contributed by atoms with Gasteiger partial charge in [0.25, 0.3) is 0 Å². The lowest BCUT2D eigenvalue weighted by Gasteiger charge is -2.37. The van der Waals surface area contributed by atoms with Gasteiger partial charge in [-0.15, -0.1) is 0 Å². The van der Waals surface area contributed by atoms with Crippen molar-refractivity contribution in [1.82, 2.24) is 4.98 Å². The van der Waals surface area contributed by atoms with E-state index in [1.165, 1.54) is 12.8 Å². The van der Waals surface area contributed by atoms with Crippen LogP contribution < -0.4 is 4.90 Å². The van der Waals surface area contributed by atoms with E-state index in [4.69, 9.17) is 10.4 Å². The summed E-state index contributed by atoms with van der Waals surface area (Å²) < 4.78 is 0. The van der Waals surface area contributed by atoms with Crippen LogP contribution in [0, 0.1) is 11.3 Å². The molecule has 1 saturated heterocycles. The lowest BCUT2D eigenvalue weighted by Crippen LogP contribution is -2.40. The van der Waals surface area contributed by atoms with Crippen molar-refractivity contribution < 1.29 is 5.11 Å². The Morgan fingerprint density at radius 2 is 2.41 bits per heavy atom. The van der Waals surface area contributed by atoms with Crippen LogP contribution in [-0.2, 0) is 0 Å². The molecule has 0 bridgehead atoms. The smallest absolute Gasteiger partial charge is 0.142 e. The van der Waals surface area contributed by atoms with Gasteiger partial charge in [-0.2, -0.15) is 5.26 Å². The second kappa shape index (κ2) is 5.65. The molecular formula is C13H17N3O. The zero-order valence-electron chi connectivity index (χ0n) is 9.84. The molecule has 4 heteroatoms. The zero-order valence-corrected chi connectivity index (χ0v) is 9.84. The predicted molar refractivity (Wildman–Crippen MR) is 65.6 cm³/mol. The number of pyridine rings is 1. The quantitative estimate of drug-likeness (QED) is 0.860. The monoisotopic (exact) mass is 231 g/mol. The van der Waals surface area contributed by atoms with Crippen LogP contribution in [0.5, 0.6) is 0 Å². The number of hydrogen-bond donors (Lipinski definition) is 1. The van der Waals surface area contributed by atoms with E-state index in [2.05, 4.69) is 16.0 Å². The molecule has 0 aromatic carbocycles. The van der Waals surface area contributed by atoms with E-state index in [1.807, 2.05) is 12.1 Å². The summed E-state index contributed by atoms with van der Waals surface area (Å²) >= 11 is 0. The van der Waals surface area contributed by atoms with E-state index in [9.17, 15) is 0 Å². The first-order valence-electron chi connectivity index (χ1n) is 6.09. The van der Waals surface area contributed by atoms with Crippen LogP contribution in [0.1, 0.15) is 31.4 Å². The van der Waals surface area contributed by atoms with Gasteiger partial charge in [0.15, 0.2) is 0 Å². The Balaban J connectivity index is 2.20. The summed E-state index contributed by atoms with van der Waals surface area (Å²) in [6.45, 7) is 1.22. The number of anilines is 1. The summed E-state index contributed by atoms with van der Waals surface area (Å²) in [7, 11) is 0. The second-order valence-corrected chi connectivity index (χ2v) is 4.37. The molecular weight excluding hydrogens is 214 g/mol. The molecule has 0 aliphatic carbocycles. The molecule has 1 unspecified atom stereocenters. The standard InChI is InChI=1S/C13H17N3O/c14-10-11-9-13(4-6-15-11)16-7-2-1-3-12(16)5-8-17/h4,6,9,12,17H,1-3,5,7-8H2. The van der Waals surface area contributed by atoms with Gasteiger partial charge >= 0.3 is 0 Å². The molecule has 0 spiro atoms. The van der Waals surface area contributed by atoms with Gasteiger partial charge in [0.2, 0.25) is 0 Å². The summed E-state index contributed by atoms with van der Waals surface area (Å²) in [6, 6.07) is 6.23. The SMILES string of the molecule is N#Cc1cc(N2CCCCC2CCO)ccn1. The van der Waals surface area contributed by atoms with E-state index in [0.717, 1.165) is 25.1 Å². The predicted octanol–water partition coefficient (Wildman–Crippen LogP) is 1.69. The minimum Gasteiger partial charge on any atom is -0.396 e. The van der Waals surface area contributed by atoms with E-state index in [1.54, 1.807) is 6.20 Å². The van der Waals surface area contributed by atoms with Crippen molar-refractivity contribution in [1.29, 1.82) is 5.26 Å². The van der Waals surface area contributed by atoms with E-state index >= 15 is 0 Å². The van der Waals surface area contributed by atoms with Gasteiger partial charge in [0, 0.05) is 31.1 Å². The third-order valence-electron chi connectivity index (χ3n) is 3.28. The first-order chi connectivity index (χ1) is 8.35. The molecule has 0 saturated carbocycles. The number of aromatic nitrogens is 1. The summed E-state index contributed by atoms with van der Waals surface area (Å²) in [5.41, 5.74) is 1.51. The third kappa shape index (κ3) is 2.75. The average Bonchev–Trinajstić information content (AvgIpc) is 2.40. The largest absolute Gasteiger partial charge is 0.396 e. The minimum absolute atomic E-state index is 0.220. The second-order valence-electron chi connectivity index (χ2n) is 4.37. The van der Waals surface area contributed by atoms with Gasteiger partial charge in [-0.1, -0.05) is 0 Å². The van der Waals surface area contributed by atoms with Crippen molar-refractivity contribution in [2.75, 3.05) is 18.1 Å². The maximum atomic E-state index is 9.09. The molecule has 1 aromatic heterocycles. The van der Waals surface area contributed by atoms with Crippen molar-refractivity contribution in [3.63, 3.8) is 0 Å². The molecule has 17 heavy (non-hydrogen) atoms. The van der Waals surface area contributed by atoms with Crippen molar-refractivity contribution >= 4 is 5.69 Å². The minimum atomic E-state index is 0.220. The number of hydrogen-bond acceptors (Lipinski definition) is 4. The summed E-state index contributed by atoms with van der Waals surface area (Å²) in [6.07, 6.45) is 5.98. The number of aliphatic hydroxyl groups excluding tert-OH is 1. The van der Waals surface area contributed by atoms with Gasteiger partial charge in [0.05, 0.1) is 0 Å². The number of rotatable bonds is 3. The van der Waals surface area contributed by atoms with Gasteiger partial charge in [-0.05, 0) is 37.8 Å². The van der Waals surface area contributed by atoms with E-state index in [-0.39, 0.29) is 6.61 Å². The van der Waals surface area contributed by atoms with Gasteiger partial charge < -0.3 is 10.0 Å². The lowest BCUT2D eigenvalue weighted by atomic mass is 9.99. The zero-order chi connectivity index (χ0) is 12.1. The third-order valence-corrected chi connectivity index (χ3v) is 3.28. The van der Waals surface area contributed by atoms with Crippen LogP contribution in [-0.4, -0.2) is 29.3 Å². The van der Waals surface area contributed by atoms with Crippen LogP contribution >= 0.6 is 0 Å². The lowest BCUT2D eigenvalue weighted by molar-refractivity contribution is 0.262. The number of nitrogens with zero attached hydrogens (tertiary/aromatic N) is 3. The fourth-order valence-corrected chi connectivity index (χ4v) is 2.45. The van der Waals surface area contributed by atoms with Crippen LogP contribution in [0.25, 0.3) is 0 Å². The van der Waals surface area contributed by atoms with Crippen LogP contribution in [0.3, 0.4) is 0 Å². The number of piperidine rings is 1. The summed E-state index contributed by atoms with van der Waals surface area (Å²) in [5, 5.41) is 18.0. The maximum Gasteiger partial charge on any atom is 0.142 e. The summed E-state index contributed by atoms with van der Waals surface area (Å²) in [4.78, 5) is 6.28. The highest BCUT2D eigenvalue weighted by Crippen LogP contribution is 2.26. The molecule has 1 aliphatic heterocycles. The highest BCUT2D eigenvalue weighted by atomic mass is 16.3. The Kier molecular flexibility index (Phi) is 3.94. The van der Waals surface area contributed by atoms with Crippen molar-refractivity contribution in [2.45, 2.75) is 31.7 Å². The molecule has 2 heterocycles. The van der Waals surface area contributed by atoms with Gasteiger partial charge in [-0.3, -0.25) is 0 Å². The van der Waals surface area contributed by atoms with Crippen molar-refractivity contribution in [3.05, 3.63) is 24.0 Å². The molecule has 0 radical (unpaired) electrons. The number of nitriles is 1. The highest BCUT2D eigenvalue weighted by Gasteiger charge is 2.22. The topological polar surface area (TPSA) is 60.2 Å². The van der Waals surface area contributed by atoms with Gasteiger partial charge in [-0.25, -0.2) is 4.98 Å². The Bertz CT molecular complexity index is 411. The van der Waals surface area contributed by atoms with Crippen LogP contribution in [0.2, 0.25) is 0 Å². The molecule has 1 fully saturated rings. The van der Waals surface area contributed by atoms with Crippen molar-refractivity contribution in [2.24, 2.45) is 0 Å². The number of aliphatic hydroxyl groups is 1. The molecule has 2 rings (SSSR count). The first-order valence-corrected chi connectivity index (χ1v) is 6.09. The van der Waals surface area contributed by atoms with E-state index in [0.29, 0.717) is 11.7 Å². The fourth-order valence-electron chi connectivity index (χ4n) is 2.45. The molecule has 1 aromatic rings. The molecule has 0 amide bonds. The molecule has 4 nitrogen and oxygen atoms in total. The molecule has 1 atom stereocenters. The van der Waals surface area contributed by atoms with Crippen LogP contribution in [0.15, 0.2) is 18.3 Å². The molecule has 1 N–H and O–H groups in total. The fraction of sp³-hybridized carbons (Fsp3) is 0.538.